The summed E-state index contributed by atoms with van der Waals surface area (Å²) in [5, 5.41) is 7.74. The predicted molar refractivity (Wildman–Crippen MR) is 65.2 cm³/mol. The van der Waals surface area contributed by atoms with Crippen molar-refractivity contribution in [3.63, 3.8) is 0 Å². The van der Waals surface area contributed by atoms with Crippen LogP contribution in [-0.2, 0) is 6.42 Å². The normalized spacial score (nSPS) is 10.3. The molecule has 18 heavy (non-hydrogen) atoms. The van der Waals surface area contributed by atoms with Crippen molar-refractivity contribution < 1.29 is 4.74 Å². The van der Waals surface area contributed by atoms with E-state index in [1.807, 2.05) is 0 Å². The van der Waals surface area contributed by atoms with E-state index in [0.29, 0.717) is 36.1 Å². The standard InChI is InChI=1S/C11H13N5O2/c1-18-10-3-2-8(15-16-10)11-13-7(4-5-12)6-9(17)14-11/h2-3,6H,4-5,12H2,1H3,(H,13,14,17). The van der Waals surface area contributed by atoms with E-state index in [4.69, 9.17) is 10.5 Å². The van der Waals surface area contributed by atoms with E-state index >= 15 is 0 Å². The van der Waals surface area contributed by atoms with E-state index in [2.05, 4.69) is 20.2 Å². The molecule has 2 heterocycles. The molecule has 7 nitrogen and oxygen atoms in total. The molecule has 94 valence electrons. The zero-order valence-electron chi connectivity index (χ0n) is 9.88. The van der Waals surface area contributed by atoms with Gasteiger partial charge in [0.25, 0.3) is 5.56 Å². The van der Waals surface area contributed by atoms with Gasteiger partial charge in [-0.05, 0) is 12.6 Å². The second-order valence-corrected chi connectivity index (χ2v) is 3.58. The van der Waals surface area contributed by atoms with Crippen LogP contribution in [0.25, 0.3) is 11.5 Å². The average Bonchev–Trinajstić information content (AvgIpc) is 2.38. The van der Waals surface area contributed by atoms with Crippen molar-refractivity contribution in [2.24, 2.45) is 5.73 Å². The first-order valence-corrected chi connectivity index (χ1v) is 5.41. The molecule has 3 N–H and O–H groups in total. The molecule has 0 saturated heterocycles. The minimum absolute atomic E-state index is 0.235. The Morgan fingerprint density at radius 2 is 2.22 bits per heavy atom. The summed E-state index contributed by atoms with van der Waals surface area (Å²) in [6.07, 6.45) is 0.542. The number of methoxy groups -OCH3 is 1. The number of rotatable bonds is 4. The number of hydrogen-bond acceptors (Lipinski definition) is 6. The molecule has 2 aromatic heterocycles. The highest BCUT2D eigenvalue weighted by molar-refractivity contribution is 5.48. The lowest BCUT2D eigenvalue weighted by molar-refractivity contribution is 0.392. The van der Waals surface area contributed by atoms with Crippen molar-refractivity contribution >= 4 is 0 Å². The van der Waals surface area contributed by atoms with E-state index < -0.39 is 0 Å². The molecule has 0 spiro atoms. The highest BCUT2D eigenvalue weighted by atomic mass is 16.5. The molecule has 0 aliphatic heterocycles. The molecule has 0 aliphatic rings. The lowest BCUT2D eigenvalue weighted by Crippen LogP contribution is -2.13. The van der Waals surface area contributed by atoms with Crippen LogP contribution in [0.3, 0.4) is 0 Å². The van der Waals surface area contributed by atoms with Crippen molar-refractivity contribution in [3.05, 3.63) is 34.2 Å². The first-order chi connectivity index (χ1) is 8.72. The predicted octanol–water partition coefficient (Wildman–Crippen LogP) is -0.263. The van der Waals surface area contributed by atoms with Crippen LogP contribution in [0.1, 0.15) is 5.69 Å². The molecule has 0 radical (unpaired) electrons. The number of nitrogens with one attached hydrogen (secondary N) is 1. The molecule has 2 rings (SSSR count). The molecule has 0 atom stereocenters. The van der Waals surface area contributed by atoms with Crippen LogP contribution < -0.4 is 16.0 Å². The summed E-state index contributed by atoms with van der Waals surface area (Å²) in [5.74, 6) is 0.778. The largest absolute Gasteiger partial charge is 0.480 e. The number of aromatic amines is 1. The van der Waals surface area contributed by atoms with E-state index in [9.17, 15) is 4.79 Å². The summed E-state index contributed by atoms with van der Waals surface area (Å²) in [6, 6.07) is 4.75. The van der Waals surface area contributed by atoms with Gasteiger partial charge in [0.1, 0.15) is 5.69 Å². The molecule has 7 heteroatoms. The van der Waals surface area contributed by atoms with Crippen LogP contribution in [0.15, 0.2) is 23.0 Å². The Balaban J connectivity index is 2.39. The van der Waals surface area contributed by atoms with Crippen LogP contribution in [0.4, 0.5) is 0 Å². The maximum atomic E-state index is 11.5. The topological polar surface area (TPSA) is 107 Å². The van der Waals surface area contributed by atoms with Gasteiger partial charge < -0.3 is 15.5 Å². The summed E-state index contributed by atoms with van der Waals surface area (Å²) < 4.78 is 4.91. The van der Waals surface area contributed by atoms with Crippen LogP contribution >= 0.6 is 0 Å². The van der Waals surface area contributed by atoms with E-state index in [-0.39, 0.29) is 5.56 Å². The fourth-order valence-corrected chi connectivity index (χ4v) is 1.46. The highest BCUT2D eigenvalue weighted by Crippen LogP contribution is 2.12. The van der Waals surface area contributed by atoms with Gasteiger partial charge in [0.15, 0.2) is 5.82 Å². The Hall–Kier alpha value is -2.28. The van der Waals surface area contributed by atoms with Crippen molar-refractivity contribution in [2.45, 2.75) is 6.42 Å². The number of ether oxygens (including phenoxy) is 1. The zero-order valence-corrected chi connectivity index (χ0v) is 9.88. The van der Waals surface area contributed by atoms with Gasteiger partial charge in [0.05, 0.1) is 7.11 Å². The summed E-state index contributed by atoms with van der Waals surface area (Å²) >= 11 is 0. The number of H-pyrrole nitrogens is 1. The third-order valence-electron chi connectivity index (χ3n) is 2.29. The molecule has 0 fully saturated rings. The number of hydrogen-bond donors (Lipinski definition) is 2. The third-order valence-corrected chi connectivity index (χ3v) is 2.29. The fraction of sp³-hybridized carbons (Fsp3) is 0.273. The van der Waals surface area contributed by atoms with Gasteiger partial charge >= 0.3 is 0 Å². The summed E-state index contributed by atoms with van der Waals surface area (Å²) in [5.41, 5.74) is 6.32. The Labute approximate surface area is 103 Å². The Morgan fingerprint density at radius 3 is 2.83 bits per heavy atom. The van der Waals surface area contributed by atoms with E-state index in [1.165, 1.54) is 13.2 Å². The van der Waals surface area contributed by atoms with Crippen LogP contribution in [0.2, 0.25) is 0 Å². The molecule has 2 aromatic rings. The molecule has 0 bridgehead atoms. The van der Waals surface area contributed by atoms with E-state index in [0.717, 1.165) is 0 Å². The van der Waals surface area contributed by atoms with Crippen molar-refractivity contribution in [1.82, 2.24) is 20.2 Å². The van der Waals surface area contributed by atoms with E-state index in [1.54, 1.807) is 12.1 Å². The van der Waals surface area contributed by atoms with Crippen LogP contribution in [0, 0.1) is 0 Å². The number of nitrogens with zero attached hydrogens (tertiary/aromatic N) is 3. The molecule has 0 aromatic carbocycles. The molecule has 0 aliphatic carbocycles. The number of aromatic nitrogens is 4. The summed E-state index contributed by atoms with van der Waals surface area (Å²) in [6.45, 7) is 0.435. The second-order valence-electron chi connectivity index (χ2n) is 3.58. The average molecular weight is 247 g/mol. The molecular weight excluding hydrogens is 234 g/mol. The van der Waals surface area contributed by atoms with Crippen molar-refractivity contribution in [3.8, 4) is 17.4 Å². The van der Waals surface area contributed by atoms with Crippen molar-refractivity contribution in [2.75, 3.05) is 13.7 Å². The van der Waals surface area contributed by atoms with Crippen molar-refractivity contribution in [1.29, 1.82) is 0 Å². The highest BCUT2D eigenvalue weighted by Gasteiger charge is 2.06. The number of nitrogens with two attached hydrogens (primary N) is 1. The van der Waals surface area contributed by atoms with Gasteiger partial charge in [0, 0.05) is 24.2 Å². The Kier molecular flexibility index (Phi) is 3.63. The lowest BCUT2D eigenvalue weighted by atomic mass is 10.3. The molecule has 0 saturated carbocycles. The SMILES string of the molecule is COc1ccc(-c2nc(CCN)cc(=O)[nH]2)nn1. The quantitative estimate of drug-likeness (QED) is 0.770. The molecule has 0 amide bonds. The second kappa shape index (κ2) is 5.37. The molecule has 0 unspecified atom stereocenters. The monoisotopic (exact) mass is 247 g/mol. The van der Waals surface area contributed by atoms with Gasteiger partial charge in [-0.25, -0.2) is 4.98 Å². The van der Waals surface area contributed by atoms with Crippen LogP contribution in [0.5, 0.6) is 5.88 Å². The van der Waals surface area contributed by atoms with Crippen LogP contribution in [-0.4, -0.2) is 33.8 Å². The zero-order chi connectivity index (χ0) is 13.0. The Morgan fingerprint density at radius 1 is 1.39 bits per heavy atom. The first-order valence-electron chi connectivity index (χ1n) is 5.41. The first kappa shape index (κ1) is 12.2. The van der Waals surface area contributed by atoms with Gasteiger partial charge in [-0.1, -0.05) is 0 Å². The molecular formula is C11H13N5O2. The maximum Gasteiger partial charge on any atom is 0.251 e. The maximum absolute atomic E-state index is 11.5. The Bertz CT molecular complexity index is 579. The lowest BCUT2D eigenvalue weighted by Gasteiger charge is -2.03. The van der Waals surface area contributed by atoms with Gasteiger partial charge in [-0.15, -0.1) is 10.2 Å². The van der Waals surface area contributed by atoms with Gasteiger partial charge in [-0.3, -0.25) is 4.79 Å². The van der Waals surface area contributed by atoms with Gasteiger partial charge in [-0.2, -0.15) is 0 Å². The summed E-state index contributed by atoms with van der Waals surface area (Å²) in [7, 11) is 1.51. The van der Waals surface area contributed by atoms with Gasteiger partial charge in [0.2, 0.25) is 5.88 Å². The minimum atomic E-state index is -0.235. The minimum Gasteiger partial charge on any atom is -0.480 e. The third kappa shape index (κ3) is 2.69. The summed E-state index contributed by atoms with van der Waals surface area (Å²) in [4.78, 5) is 18.4. The smallest absolute Gasteiger partial charge is 0.251 e. The fourth-order valence-electron chi connectivity index (χ4n) is 1.46.